The molecule has 0 radical (unpaired) electrons. The van der Waals surface area contributed by atoms with Crippen molar-refractivity contribution in [3.8, 4) is 10.6 Å². The normalized spacial score (nSPS) is 16.2. The van der Waals surface area contributed by atoms with Gasteiger partial charge in [-0.2, -0.15) is 0 Å². The lowest BCUT2D eigenvalue weighted by Gasteiger charge is -2.22. The number of ether oxygens (including phenoxy) is 1. The monoisotopic (exact) mass is 321 g/mol. The minimum Gasteiger partial charge on any atom is -0.374 e. The second kappa shape index (κ2) is 7.39. The van der Waals surface area contributed by atoms with Gasteiger partial charge in [0.1, 0.15) is 5.01 Å². The molecule has 1 fully saturated rings. The molecule has 1 aliphatic rings. The summed E-state index contributed by atoms with van der Waals surface area (Å²) in [6, 6.07) is 8.49. The van der Waals surface area contributed by atoms with Crippen LogP contribution in [0.5, 0.6) is 0 Å². The van der Waals surface area contributed by atoms with Gasteiger partial charge in [-0.05, 0) is 24.5 Å². The molecule has 0 amide bonds. The topological polar surface area (TPSA) is 22.1 Å². The van der Waals surface area contributed by atoms with Crippen LogP contribution in [-0.2, 0) is 17.2 Å². The predicted molar refractivity (Wildman–Crippen MR) is 88.8 cm³/mol. The van der Waals surface area contributed by atoms with E-state index < -0.39 is 0 Å². The average Bonchev–Trinajstić information content (AvgIpc) is 3.03. The van der Waals surface area contributed by atoms with Gasteiger partial charge in [-0.25, -0.2) is 4.98 Å². The standard InChI is InChI=1S/C17H20ClNOS/c18-10-15-12-21-17(19-15)14-6-4-5-13(9-14)11-20-16-7-2-1-3-8-16/h4-6,9,12,16H,1-3,7-8,10-11H2. The lowest BCUT2D eigenvalue weighted by atomic mass is 9.98. The van der Waals surface area contributed by atoms with Crippen LogP contribution in [0.1, 0.15) is 43.4 Å². The first-order chi connectivity index (χ1) is 10.3. The number of aromatic nitrogens is 1. The van der Waals surface area contributed by atoms with Gasteiger partial charge in [0.05, 0.1) is 24.3 Å². The minimum atomic E-state index is 0.449. The molecular weight excluding hydrogens is 302 g/mol. The fourth-order valence-corrected chi connectivity index (χ4v) is 3.79. The van der Waals surface area contributed by atoms with E-state index in [1.54, 1.807) is 11.3 Å². The second-order valence-corrected chi connectivity index (χ2v) is 6.67. The van der Waals surface area contributed by atoms with Crippen LogP contribution in [0.2, 0.25) is 0 Å². The molecule has 3 rings (SSSR count). The van der Waals surface area contributed by atoms with Gasteiger partial charge in [-0.1, -0.05) is 37.5 Å². The maximum absolute atomic E-state index is 6.05. The average molecular weight is 322 g/mol. The molecule has 1 saturated carbocycles. The molecule has 1 aromatic carbocycles. The maximum Gasteiger partial charge on any atom is 0.123 e. The van der Waals surface area contributed by atoms with Crippen molar-refractivity contribution < 1.29 is 4.74 Å². The summed E-state index contributed by atoms with van der Waals surface area (Å²) in [6.45, 7) is 0.701. The number of hydrogen-bond acceptors (Lipinski definition) is 3. The molecule has 0 unspecified atom stereocenters. The van der Waals surface area contributed by atoms with Gasteiger partial charge in [-0.15, -0.1) is 22.9 Å². The molecule has 112 valence electrons. The summed E-state index contributed by atoms with van der Waals surface area (Å²) in [4.78, 5) is 4.54. The van der Waals surface area contributed by atoms with Gasteiger partial charge in [0.15, 0.2) is 0 Å². The summed E-state index contributed by atoms with van der Waals surface area (Å²) < 4.78 is 6.05. The third kappa shape index (κ3) is 4.06. The molecule has 21 heavy (non-hydrogen) atoms. The van der Waals surface area contributed by atoms with E-state index in [0.29, 0.717) is 18.6 Å². The summed E-state index contributed by atoms with van der Waals surface area (Å²) in [5.74, 6) is 0.473. The first kappa shape index (κ1) is 15.0. The molecule has 0 bridgehead atoms. The molecular formula is C17H20ClNOS. The van der Waals surface area contributed by atoms with Crippen molar-refractivity contribution >= 4 is 22.9 Å². The highest BCUT2D eigenvalue weighted by molar-refractivity contribution is 7.13. The maximum atomic E-state index is 6.05. The van der Waals surface area contributed by atoms with Crippen molar-refractivity contribution in [1.29, 1.82) is 0 Å². The van der Waals surface area contributed by atoms with Crippen LogP contribution >= 0.6 is 22.9 Å². The lowest BCUT2D eigenvalue weighted by Crippen LogP contribution is -2.16. The first-order valence-electron chi connectivity index (χ1n) is 7.56. The van der Waals surface area contributed by atoms with Crippen molar-refractivity contribution in [2.75, 3.05) is 0 Å². The van der Waals surface area contributed by atoms with Gasteiger partial charge in [0.25, 0.3) is 0 Å². The Hall–Kier alpha value is -0.900. The third-order valence-electron chi connectivity index (χ3n) is 3.90. The van der Waals surface area contributed by atoms with Gasteiger partial charge < -0.3 is 4.74 Å². The van der Waals surface area contributed by atoms with Crippen LogP contribution in [0.15, 0.2) is 29.6 Å². The highest BCUT2D eigenvalue weighted by atomic mass is 35.5. The van der Waals surface area contributed by atoms with E-state index in [-0.39, 0.29) is 0 Å². The zero-order chi connectivity index (χ0) is 14.5. The van der Waals surface area contributed by atoms with Crippen molar-refractivity contribution in [2.45, 2.75) is 50.7 Å². The van der Waals surface area contributed by atoms with Crippen LogP contribution in [0, 0.1) is 0 Å². The molecule has 1 aromatic heterocycles. The molecule has 1 heterocycles. The van der Waals surface area contributed by atoms with E-state index in [4.69, 9.17) is 16.3 Å². The Morgan fingerprint density at radius 3 is 2.86 bits per heavy atom. The molecule has 4 heteroatoms. The molecule has 0 N–H and O–H groups in total. The van der Waals surface area contributed by atoms with Crippen molar-refractivity contribution in [3.63, 3.8) is 0 Å². The predicted octanol–water partition coefficient (Wildman–Crippen LogP) is 5.40. The van der Waals surface area contributed by atoms with Crippen molar-refractivity contribution in [1.82, 2.24) is 4.98 Å². The van der Waals surface area contributed by atoms with Crippen LogP contribution < -0.4 is 0 Å². The largest absolute Gasteiger partial charge is 0.374 e. The summed E-state index contributed by atoms with van der Waals surface area (Å²) >= 11 is 7.46. The van der Waals surface area contributed by atoms with E-state index in [2.05, 4.69) is 29.2 Å². The molecule has 0 spiro atoms. The fraction of sp³-hybridized carbons (Fsp3) is 0.471. The molecule has 0 atom stereocenters. The number of halogens is 1. The number of thiazole rings is 1. The Balaban J connectivity index is 1.65. The van der Waals surface area contributed by atoms with E-state index in [0.717, 1.165) is 16.3 Å². The molecule has 0 aliphatic heterocycles. The smallest absolute Gasteiger partial charge is 0.123 e. The summed E-state index contributed by atoms with van der Waals surface area (Å²) in [5, 5.41) is 3.05. The number of hydrogen-bond donors (Lipinski definition) is 0. The summed E-state index contributed by atoms with van der Waals surface area (Å²) in [7, 11) is 0. The Labute approximate surface area is 135 Å². The number of alkyl halides is 1. The van der Waals surface area contributed by atoms with Crippen LogP contribution in [0.25, 0.3) is 10.6 Å². The fourth-order valence-electron chi connectivity index (χ4n) is 2.74. The highest BCUT2D eigenvalue weighted by Gasteiger charge is 2.13. The zero-order valence-electron chi connectivity index (χ0n) is 12.1. The number of nitrogens with zero attached hydrogens (tertiary/aromatic N) is 1. The quantitative estimate of drug-likeness (QED) is 0.688. The Kier molecular flexibility index (Phi) is 5.28. The Bertz CT molecular complexity index is 578. The molecule has 2 nitrogen and oxygen atoms in total. The first-order valence-corrected chi connectivity index (χ1v) is 8.98. The van der Waals surface area contributed by atoms with Gasteiger partial charge in [0.2, 0.25) is 0 Å². The summed E-state index contributed by atoms with van der Waals surface area (Å²) in [6.07, 6.45) is 6.86. The Morgan fingerprint density at radius 1 is 1.24 bits per heavy atom. The lowest BCUT2D eigenvalue weighted by molar-refractivity contribution is 0.0169. The van der Waals surface area contributed by atoms with Gasteiger partial charge >= 0.3 is 0 Å². The highest BCUT2D eigenvalue weighted by Crippen LogP contribution is 2.26. The van der Waals surface area contributed by atoms with E-state index in [9.17, 15) is 0 Å². The Morgan fingerprint density at radius 2 is 2.10 bits per heavy atom. The number of benzene rings is 1. The van der Waals surface area contributed by atoms with Crippen molar-refractivity contribution in [3.05, 3.63) is 40.9 Å². The molecule has 1 aliphatic carbocycles. The van der Waals surface area contributed by atoms with Gasteiger partial charge in [0, 0.05) is 10.9 Å². The second-order valence-electron chi connectivity index (χ2n) is 5.55. The van der Waals surface area contributed by atoms with E-state index >= 15 is 0 Å². The SMILES string of the molecule is ClCc1csc(-c2cccc(COC3CCCCC3)c2)n1. The van der Waals surface area contributed by atoms with Crippen LogP contribution in [0.3, 0.4) is 0 Å². The number of rotatable bonds is 5. The minimum absolute atomic E-state index is 0.449. The van der Waals surface area contributed by atoms with Crippen molar-refractivity contribution in [2.24, 2.45) is 0 Å². The third-order valence-corrected chi connectivity index (χ3v) is 5.11. The van der Waals surface area contributed by atoms with Gasteiger partial charge in [-0.3, -0.25) is 0 Å². The zero-order valence-corrected chi connectivity index (χ0v) is 13.6. The summed E-state index contributed by atoms with van der Waals surface area (Å²) in [5.41, 5.74) is 3.32. The van der Waals surface area contributed by atoms with E-state index in [1.807, 2.05) is 5.38 Å². The van der Waals surface area contributed by atoms with Crippen LogP contribution in [-0.4, -0.2) is 11.1 Å². The van der Waals surface area contributed by atoms with Crippen LogP contribution in [0.4, 0.5) is 0 Å². The molecule has 0 saturated heterocycles. The molecule has 2 aromatic rings. The van der Waals surface area contributed by atoms with E-state index in [1.165, 1.54) is 37.7 Å².